The van der Waals surface area contributed by atoms with E-state index in [1.807, 2.05) is 18.7 Å². The van der Waals surface area contributed by atoms with Gasteiger partial charge in [-0.15, -0.1) is 0 Å². The first-order valence-corrected chi connectivity index (χ1v) is 6.93. The summed E-state index contributed by atoms with van der Waals surface area (Å²) >= 11 is 0. The van der Waals surface area contributed by atoms with Gasteiger partial charge in [0.2, 0.25) is 0 Å². The minimum Gasteiger partial charge on any atom is -0.396 e. The van der Waals surface area contributed by atoms with Crippen molar-refractivity contribution in [3.8, 4) is 0 Å². The fraction of sp³-hybridized carbons (Fsp3) is 0.643. The van der Waals surface area contributed by atoms with Crippen LogP contribution in [-0.4, -0.2) is 31.3 Å². The summed E-state index contributed by atoms with van der Waals surface area (Å²) in [5.74, 6) is 0. The highest BCUT2D eigenvalue weighted by Gasteiger charge is 2.33. The zero-order valence-electron chi connectivity index (χ0n) is 12.6. The number of halogens is 3. The van der Waals surface area contributed by atoms with Crippen molar-refractivity contribution in [1.29, 1.82) is 0 Å². The number of nitrogens with two attached hydrogens (primary N) is 1. The van der Waals surface area contributed by atoms with Crippen LogP contribution in [0, 0.1) is 0 Å². The first-order valence-electron chi connectivity index (χ1n) is 6.93. The van der Waals surface area contributed by atoms with Crippen LogP contribution in [0.15, 0.2) is 12.3 Å². The van der Waals surface area contributed by atoms with Crippen molar-refractivity contribution in [2.45, 2.75) is 38.9 Å². The molecule has 1 aromatic rings. The van der Waals surface area contributed by atoms with Crippen LogP contribution in [0.3, 0.4) is 0 Å². The molecule has 0 aliphatic carbocycles. The molecule has 0 unspecified atom stereocenters. The molecule has 0 amide bonds. The molecule has 120 valence electrons. The summed E-state index contributed by atoms with van der Waals surface area (Å²) in [6, 6.07) is 1.12. The number of methoxy groups -OCH3 is 1. The topological polar surface area (TPSA) is 51.4 Å². The first-order chi connectivity index (χ1) is 9.85. The largest absolute Gasteiger partial charge is 0.433 e. The van der Waals surface area contributed by atoms with Crippen molar-refractivity contribution in [3.63, 3.8) is 0 Å². The second-order valence-corrected chi connectivity index (χ2v) is 4.78. The van der Waals surface area contributed by atoms with Crippen LogP contribution in [-0.2, 0) is 10.9 Å². The Labute approximate surface area is 123 Å². The summed E-state index contributed by atoms with van der Waals surface area (Å²) in [5.41, 5.74) is 5.52. The highest BCUT2D eigenvalue weighted by molar-refractivity contribution is 5.67. The number of nitrogens with zero attached hydrogens (tertiary/aromatic N) is 2. The summed E-state index contributed by atoms with van der Waals surface area (Å²) in [7, 11) is 1.56. The van der Waals surface area contributed by atoms with E-state index in [1.165, 1.54) is 0 Å². The van der Waals surface area contributed by atoms with Gasteiger partial charge in [0, 0.05) is 19.7 Å². The minimum atomic E-state index is -4.48. The Morgan fingerprint density at radius 3 is 2.43 bits per heavy atom. The molecule has 2 N–H and O–H groups in total. The second kappa shape index (κ2) is 7.49. The summed E-state index contributed by atoms with van der Waals surface area (Å²) < 4.78 is 43.6. The van der Waals surface area contributed by atoms with E-state index < -0.39 is 11.9 Å². The molecule has 0 saturated heterocycles. The number of aromatic nitrogens is 1. The minimum absolute atomic E-state index is 0.103. The molecule has 0 aliphatic heterocycles. The van der Waals surface area contributed by atoms with E-state index in [4.69, 9.17) is 10.5 Å². The summed E-state index contributed by atoms with van der Waals surface area (Å²) in [4.78, 5) is 5.25. The normalized spacial score (nSPS) is 12.0. The number of pyridine rings is 1. The number of anilines is 2. The molecule has 0 bridgehead atoms. The smallest absolute Gasteiger partial charge is 0.396 e. The molecular formula is C14H22F3N3O. The zero-order valence-corrected chi connectivity index (χ0v) is 12.6. The van der Waals surface area contributed by atoms with Crippen LogP contribution in [0.5, 0.6) is 0 Å². The van der Waals surface area contributed by atoms with E-state index in [2.05, 4.69) is 4.98 Å². The van der Waals surface area contributed by atoms with E-state index in [9.17, 15) is 13.2 Å². The van der Waals surface area contributed by atoms with Gasteiger partial charge in [0.1, 0.15) is 5.69 Å². The van der Waals surface area contributed by atoms with Crippen LogP contribution in [0.2, 0.25) is 0 Å². The Morgan fingerprint density at radius 1 is 1.33 bits per heavy atom. The molecule has 1 heterocycles. The Bertz CT molecular complexity index is 448. The van der Waals surface area contributed by atoms with Crippen LogP contribution >= 0.6 is 0 Å². The summed E-state index contributed by atoms with van der Waals surface area (Å²) in [5, 5.41) is 0. The third-order valence-electron chi connectivity index (χ3n) is 3.43. The number of alkyl halides is 3. The van der Waals surface area contributed by atoms with Crippen molar-refractivity contribution in [1.82, 2.24) is 4.98 Å². The molecule has 0 radical (unpaired) electrons. The van der Waals surface area contributed by atoms with Gasteiger partial charge in [0.15, 0.2) is 0 Å². The molecular weight excluding hydrogens is 283 g/mol. The number of hydrogen-bond acceptors (Lipinski definition) is 4. The van der Waals surface area contributed by atoms with E-state index in [0.29, 0.717) is 18.8 Å². The second-order valence-electron chi connectivity index (χ2n) is 4.78. The third kappa shape index (κ3) is 4.49. The van der Waals surface area contributed by atoms with E-state index >= 15 is 0 Å². The Hall–Kier alpha value is -1.50. The monoisotopic (exact) mass is 305 g/mol. The molecule has 0 spiro atoms. The number of hydrogen-bond donors (Lipinski definition) is 1. The fourth-order valence-corrected chi connectivity index (χ4v) is 2.28. The van der Waals surface area contributed by atoms with E-state index in [-0.39, 0.29) is 11.7 Å². The molecule has 0 atom stereocenters. The average molecular weight is 305 g/mol. The number of nitrogen functional groups attached to an aromatic ring is 1. The fourth-order valence-electron chi connectivity index (χ4n) is 2.28. The van der Waals surface area contributed by atoms with Gasteiger partial charge in [-0.05, 0) is 18.9 Å². The highest BCUT2D eigenvalue weighted by Crippen LogP contribution is 2.34. The molecule has 1 rings (SSSR count). The van der Waals surface area contributed by atoms with Crippen LogP contribution in [0.1, 0.15) is 32.4 Å². The maximum absolute atomic E-state index is 12.8. The number of rotatable bonds is 7. The lowest BCUT2D eigenvalue weighted by Gasteiger charge is -2.33. The summed E-state index contributed by atoms with van der Waals surface area (Å²) in [6.45, 7) is 4.89. The van der Waals surface area contributed by atoms with Crippen LogP contribution < -0.4 is 10.6 Å². The van der Waals surface area contributed by atoms with Crippen molar-refractivity contribution in [2.75, 3.05) is 30.9 Å². The van der Waals surface area contributed by atoms with Gasteiger partial charge in [-0.2, -0.15) is 13.2 Å². The van der Waals surface area contributed by atoms with Gasteiger partial charge in [-0.3, -0.25) is 0 Å². The molecule has 0 saturated carbocycles. The Kier molecular flexibility index (Phi) is 6.26. The number of ether oxygens (including phenoxy) is 1. The lowest BCUT2D eigenvalue weighted by atomic mass is 10.1. The molecule has 21 heavy (non-hydrogen) atoms. The van der Waals surface area contributed by atoms with Crippen molar-refractivity contribution >= 4 is 11.4 Å². The lowest BCUT2D eigenvalue weighted by Crippen LogP contribution is -2.37. The van der Waals surface area contributed by atoms with Gasteiger partial charge < -0.3 is 15.4 Å². The van der Waals surface area contributed by atoms with Gasteiger partial charge in [-0.25, -0.2) is 4.98 Å². The van der Waals surface area contributed by atoms with Gasteiger partial charge >= 0.3 is 6.18 Å². The molecule has 0 fully saturated rings. The van der Waals surface area contributed by atoms with Crippen molar-refractivity contribution in [3.05, 3.63) is 18.0 Å². The molecule has 4 nitrogen and oxygen atoms in total. The van der Waals surface area contributed by atoms with Crippen LogP contribution in [0.25, 0.3) is 0 Å². The third-order valence-corrected chi connectivity index (χ3v) is 3.43. The summed E-state index contributed by atoms with van der Waals surface area (Å²) in [6.07, 6.45) is -1.80. The van der Waals surface area contributed by atoms with E-state index in [0.717, 1.165) is 25.1 Å². The SMILES string of the molecule is CCC(CC)N(CCOC)c1cc(C(F)(F)F)ncc1N. The van der Waals surface area contributed by atoms with Crippen LogP contribution in [0.4, 0.5) is 24.5 Å². The maximum atomic E-state index is 12.8. The predicted octanol–water partition coefficient (Wildman–Crippen LogP) is 3.32. The van der Waals surface area contributed by atoms with Gasteiger partial charge in [0.05, 0.1) is 24.2 Å². The standard InChI is InChI=1S/C14H22F3N3O/c1-4-10(5-2)20(6-7-21-3)12-8-13(14(15,16)17)19-9-11(12)18/h8-10H,4-7,18H2,1-3H3. The first kappa shape index (κ1) is 17.6. The Balaban J connectivity index is 3.22. The highest BCUT2D eigenvalue weighted by atomic mass is 19.4. The van der Waals surface area contributed by atoms with E-state index in [1.54, 1.807) is 7.11 Å². The lowest BCUT2D eigenvalue weighted by molar-refractivity contribution is -0.141. The average Bonchev–Trinajstić information content (AvgIpc) is 2.43. The molecule has 1 aromatic heterocycles. The maximum Gasteiger partial charge on any atom is 0.433 e. The van der Waals surface area contributed by atoms with Gasteiger partial charge in [-0.1, -0.05) is 13.8 Å². The Morgan fingerprint density at radius 2 is 1.95 bits per heavy atom. The van der Waals surface area contributed by atoms with Crippen molar-refractivity contribution < 1.29 is 17.9 Å². The van der Waals surface area contributed by atoms with Crippen molar-refractivity contribution in [2.24, 2.45) is 0 Å². The zero-order chi connectivity index (χ0) is 16.0. The quantitative estimate of drug-likeness (QED) is 0.839. The van der Waals surface area contributed by atoms with Gasteiger partial charge in [0.25, 0.3) is 0 Å². The molecule has 7 heteroatoms. The predicted molar refractivity (Wildman–Crippen MR) is 77.2 cm³/mol. The molecule has 0 aromatic carbocycles. The molecule has 0 aliphatic rings.